The number of thiophene rings is 1. The maximum Gasteiger partial charge on any atom is 0.267 e. The molecule has 2 aromatic heterocycles. The second-order valence-electron chi connectivity index (χ2n) is 6.91. The summed E-state index contributed by atoms with van der Waals surface area (Å²) in [4.78, 5) is 20.7. The molecule has 29 heavy (non-hydrogen) atoms. The maximum absolute atomic E-state index is 13.7. The Morgan fingerprint density at radius 2 is 1.93 bits per heavy atom. The molecule has 0 saturated carbocycles. The third-order valence-electron chi connectivity index (χ3n) is 5.30. The third-order valence-corrected chi connectivity index (χ3v) is 7.28. The van der Waals surface area contributed by atoms with E-state index in [2.05, 4.69) is 31.2 Å². The number of methoxy groups -OCH3 is 1. The van der Waals surface area contributed by atoms with Gasteiger partial charge < -0.3 is 4.74 Å². The van der Waals surface area contributed by atoms with Crippen LogP contribution >= 0.6 is 23.1 Å². The van der Waals surface area contributed by atoms with Gasteiger partial charge >= 0.3 is 0 Å². The minimum absolute atomic E-state index is 0.0213. The van der Waals surface area contributed by atoms with E-state index in [1.807, 2.05) is 24.3 Å². The number of aryl methyl sites for hydroxylation is 2. The number of aromatic nitrogens is 2. The maximum atomic E-state index is 13.7. The standard InChI is InChI=1S/C23H20N2O2S2/c1-3-28-23-24-21-19(22(26)25(23)15-9-11-16(27-2)12-10-15)18-13-8-14-6-4-5-7-17(14)20(18)29-21/h4-7,9-12H,3,8,13H2,1-2H3. The SMILES string of the molecule is CCSc1nc2sc3c(c2c(=O)n1-c1ccc(OC)cc1)CCc1ccccc1-3. The summed E-state index contributed by atoms with van der Waals surface area (Å²) in [7, 11) is 1.64. The van der Waals surface area contributed by atoms with E-state index < -0.39 is 0 Å². The van der Waals surface area contributed by atoms with Crippen molar-refractivity contribution in [3.63, 3.8) is 0 Å². The first kappa shape index (κ1) is 18.5. The zero-order valence-corrected chi connectivity index (χ0v) is 17.9. The Bertz CT molecular complexity index is 1270. The molecule has 0 radical (unpaired) electrons. The molecular weight excluding hydrogens is 400 g/mol. The predicted octanol–water partition coefficient (Wildman–Crippen LogP) is 5.33. The molecule has 0 spiro atoms. The first-order chi connectivity index (χ1) is 14.2. The van der Waals surface area contributed by atoms with Gasteiger partial charge in [-0.1, -0.05) is 43.0 Å². The molecule has 4 nitrogen and oxygen atoms in total. The molecule has 2 heterocycles. The van der Waals surface area contributed by atoms with E-state index in [1.165, 1.54) is 16.0 Å². The average molecular weight is 421 g/mol. The summed E-state index contributed by atoms with van der Waals surface area (Å²) in [5, 5.41) is 1.51. The van der Waals surface area contributed by atoms with Gasteiger partial charge in [0.25, 0.3) is 5.56 Å². The third kappa shape index (κ3) is 2.98. The van der Waals surface area contributed by atoms with Crippen LogP contribution in [0.4, 0.5) is 0 Å². The van der Waals surface area contributed by atoms with E-state index >= 15 is 0 Å². The van der Waals surface area contributed by atoms with Crippen molar-refractivity contribution in [3.8, 4) is 21.9 Å². The number of rotatable bonds is 4. The summed E-state index contributed by atoms with van der Waals surface area (Å²) < 4.78 is 7.03. The number of ether oxygens (including phenoxy) is 1. The number of thioether (sulfide) groups is 1. The Balaban J connectivity index is 1.79. The Morgan fingerprint density at radius 1 is 1.14 bits per heavy atom. The van der Waals surface area contributed by atoms with Gasteiger partial charge in [0.05, 0.1) is 18.2 Å². The molecule has 0 atom stereocenters. The van der Waals surface area contributed by atoms with Crippen molar-refractivity contribution in [1.29, 1.82) is 0 Å². The lowest BCUT2D eigenvalue weighted by molar-refractivity contribution is 0.414. The Kier molecular flexibility index (Phi) is 4.68. The Hall–Kier alpha value is -2.57. The molecule has 1 aliphatic rings. The average Bonchev–Trinajstić information content (AvgIpc) is 3.13. The largest absolute Gasteiger partial charge is 0.497 e. The second kappa shape index (κ2) is 7.35. The minimum Gasteiger partial charge on any atom is -0.497 e. The van der Waals surface area contributed by atoms with Crippen LogP contribution in [0.25, 0.3) is 26.3 Å². The molecule has 0 fully saturated rings. The molecule has 1 aliphatic carbocycles. The second-order valence-corrected chi connectivity index (χ2v) is 9.14. The van der Waals surface area contributed by atoms with Crippen LogP contribution in [-0.2, 0) is 12.8 Å². The van der Waals surface area contributed by atoms with E-state index in [1.54, 1.807) is 34.8 Å². The summed E-state index contributed by atoms with van der Waals surface area (Å²) in [6.45, 7) is 2.08. The topological polar surface area (TPSA) is 44.1 Å². The highest BCUT2D eigenvalue weighted by molar-refractivity contribution is 7.99. The summed E-state index contributed by atoms with van der Waals surface area (Å²) in [6.07, 6.45) is 1.84. The van der Waals surface area contributed by atoms with E-state index in [4.69, 9.17) is 9.72 Å². The van der Waals surface area contributed by atoms with E-state index in [0.29, 0.717) is 0 Å². The van der Waals surface area contributed by atoms with Gasteiger partial charge in [0.2, 0.25) is 0 Å². The minimum atomic E-state index is 0.0213. The molecule has 0 saturated heterocycles. The highest BCUT2D eigenvalue weighted by Crippen LogP contribution is 2.42. The first-order valence-electron chi connectivity index (χ1n) is 9.65. The van der Waals surface area contributed by atoms with Crippen LogP contribution < -0.4 is 10.3 Å². The monoisotopic (exact) mass is 420 g/mol. The molecule has 0 N–H and O–H groups in total. The summed E-state index contributed by atoms with van der Waals surface area (Å²) in [6, 6.07) is 16.1. The molecule has 5 rings (SSSR count). The molecule has 2 aromatic carbocycles. The summed E-state index contributed by atoms with van der Waals surface area (Å²) in [5.74, 6) is 1.62. The van der Waals surface area contributed by atoms with Gasteiger partial charge in [0, 0.05) is 4.88 Å². The van der Waals surface area contributed by atoms with E-state index in [9.17, 15) is 4.79 Å². The normalized spacial score (nSPS) is 12.6. The zero-order chi connectivity index (χ0) is 20.0. The fourth-order valence-corrected chi connectivity index (χ4v) is 6.01. The van der Waals surface area contributed by atoms with Crippen LogP contribution in [0.2, 0.25) is 0 Å². The van der Waals surface area contributed by atoms with Gasteiger partial charge in [0.15, 0.2) is 5.16 Å². The summed E-state index contributed by atoms with van der Waals surface area (Å²) in [5.41, 5.74) is 4.59. The molecular formula is C23H20N2O2S2. The quantitative estimate of drug-likeness (QED) is 0.330. The van der Waals surface area contributed by atoms with Gasteiger partial charge in [-0.15, -0.1) is 11.3 Å². The van der Waals surface area contributed by atoms with Crippen molar-refractivity contribution in [2.45, 2.75) is 24.9 Å². The number of hydrogen-bond donors (Lipinski definition) is 0. The molecule has 0 bridgehead atoms. The fraction of sp³-hybridized carbons (Fsp3) is 0.217. The first-order valence-corrected chi connectivity index (χ1v) is 11.5. The fourth-order valence-electron chi connectivity index (χ4n) is 3.95. The van der Waals surface area contributed by atoms with E-state index in [-0.39, 0.29) is 5.56 Å². The van der Waals surface area contributed by atoms with Crippen LogP contribution in [0, 0.1) is 0 Å². The molecule has 6 heteroatoms. The van der Waals surface area contributed by atoms with Crippen molar-refractivity contribution in [1.82, 2.24) is 9.55 Å². The highest BCUT2D eigenvalue weighted by Gasteiger charge is 2.25. The van der Waals surface area contributed by atoms with Crippen LogP contribution in [-0.4, -0.2) is 22.4 Å². The number of nitrogens with zero attached hydrogens (tertiary/aromatic N) is 2. The number of fused-ring (bicyclic) bond motifs is 5. The lowest BCUT2D eigenvalue weighted by Crippen LogP contribution is -2.22. The van der Waals surface area contributed by atoms with Gasteiger partial charge in [-0.25, -0.2) is 4.98 Å². The van der Waals surface area contributed by atoms with Crippen LogP contribution in [0.15, 0.2) is 58.5 Å². The molecule has 146 valence electrons. The molecule has 0 amide bonds. The zero-order valence-electron chi connectivity index (χ0n) is 16.3. The van der Waals surface area contributed by atoms with Gasteiger partial charge in [0.1, 0.15) is 10.6 Å². The Morgan fingerprint density at radius 3 is 2.69 bits per heavy atom. The lowest BCUT2D eigenvalue weighted by Gasteiger charge is -2.16. The van der Waals surface area contributed by atoms with Crippen molar-refractivity contribution >= 4 is 33.3 Å². The van der Waals surface area contributed by atoms with Gasteiger partial charge in [-0.05, 0) is 59.6 Å². The van der Waals surface area contributed by atoms with Crippen molar-refractivity contribution in [2.24, 2.45) is 0 Å². The van der Waals surface area contributed by atoms with Crippen molar-refractivity contribution in [3.05, 3.63) is 70.0 Å². The van der Waals surface area contributed by atoms with Crippen LogP contribution in [0.5, 0.6) is 5.75 Å². The van der Waals surface area contributed by atoms with Crippen LogP contribution in [0.3, 0.4) is 0 Å². The highest BCUT2D eigenvalue weighted by atomic mass is 32.2. The van der Waals surface area contributed by atoms with Crippen LogP contribution in [0.1, 0.15) is 18.1 Å². The van der Waals surface area contributed by atoms with Crippen molar-refractivity contribution in [2.75, 3.05) is 12.9 Å². The smallest absolute Gasteiger partial charge is 0.267 e. The molecule has 0 aliphatic heterocycles. The number of benzene rings is 2. The van der Waals surface area contributed by atoms with Gasteiger partial charge in [-0.3, -0.25) is 9.36 Å². The van der Waals surface area contributed by atoms with E-state index in [0.717, 1.165) is 51.0 Å². The summed E-state index contributed by atoms with van der Waals surface area (Å²) >= 11 is 3.24. The molecule has 4 aromatic rings. The Labute approximate surface area is 177 Å². The predicted molar refractivity (Wildman–Crippen MR) is 121 cm³/mol. The molecule has 0 unspecified atom stereocenters. The van der Waals surface area contributed by atoms with Crippen molar-refractivity contribution < 1.29 is 4.74 Å². The lowest BCUT2D eigenvalue weighted by atomic mass is 9.90. The van der Waals surface area contributed by atoms with Gasteiger partial charge in [-0.2, -0.15) is 0 Å². The number of hydrogen-bond acceptors (Lipinski definition) is 5.